The maximum Gasteiger partial charge on any atom is 0.335 e. The van der Waals surface area contributed by atoms with Crippen molar-refractivity contribution in [1.29, 1.82) is 0 Å². The summed E-state index contributed by atoms with van der Waals surface area (Å²) in [4.78, 5) is 25.3. The topological polar surface area (TPSA) is 104 Å². The SMILES string of the molecule is C=C(C)C1CCC2(NC(=O)CN3CCCCS3(=O)=O)CCC3(C)C(CCC4C5(C)CC=C(c6ccc(C(=O)O)cc6)C(C)(C)C5CCC43C)C12. The van der Waals surface area contributed by atoms with Crippen LogP contribution >= 0.6 is 0 Å². The molecule has 1 saturated heterocycles. The molecule has 9 unspecified atom stereocenters. The van der Waals surface area contributed by atoms with Gasteiger partial charge in [-0.3, -0.25) is 4.79 Å². The molecule has 7 nitrogen and oxygen atoms in total. The number of nitrogens with one attached hydrogen (secondary N) is 1. The van der Waals surface area contributed by atoms with Gasteiger partial charge >= 0.3 is 5.97 Å². The highest BCUT2D eigenvalue weighted by atomic mass is 32.2. The van der Waals surface area contributed by atoms with Gasteiger partial charge < -0.3 is 10.4 Å². The van der Waals surface area contributed by atoms with E-state index in [0.717, 1.165) is 50.5 Å². The highest BCUT2D eigenvalue weighted by molar-refractivity contribution is 7.89. The minimum atomic E-state index is -3.37. The lowest BCUT2D eigenvalue weighted by atomic mass is 9.33. The number of nitrogens with zero attached hydrogens (tertiary/aromatic N) is 1. The predicted octanol–water partition coefficient (Wildman–Crippen LogP) is 8.33. The Morgan fingerprint density at radius 1 is 0.920 bits per heavy atom. The maximum absolute atomic E-state index is 13.8. The van der Waals surface area contributed by atoms with Crippen LogP contribution in [0.4, 0.5) is 0 Å². The zero-order valence-corrected chi connectivity index (χ0v) is 32.1. The van der Waals surface area contributed by atoms with Crippen molar-refractivity contribution in [3.8, 4) is 0 Å². The van der Waals surface area contributed by atoms with Crippen LogP contribution in [0, 0.1) is 51.2 Å². The third-order valence-corrected chi connectivity index (χ3v) is 18.2. The standard InChI is InChI=1S/C42H60N2O5S/c1-27(2)30-16-21-42(43-35(45)26-44-24-8-9-25-50(44,48)49)23-22-40(6)32(36(30)42)14-15-34-39(5)19-17-31(28-10-12-29(13-11-28)37(46)47)38(3,4)33(39)18-20-41(34,40)7/h10-13,17,30,32-34,36H,1,8-9,14-16,18-26H2,2-7H3,(H,43,45)(H,46,47). The summed E-state index contributed by atoms with van der Waals surface area (Å²) in [6, 6.07) is 7.48. The number of rotatable bonds is 6. The van der Waals surface area contributed by atoms with Crippen LogP contribution in [-0.2, 0) is 14.8 Å². The number of hydrogen-bond donors (Lipinski definition) is 2. The number of amides is 1. The van der Waals surface area contributed by atoms with Crippen LogP contribution in [0.15, 0.2) is 42.5 Å². The number of sulfonamides is 1. The van der Waals surface area contributed by atoms with E-state index in [4.69, 9.17) is 0 Å². The third kappa shape index (κ3) is 5.22. The molecule has 6 aliphatic rings. The molecule has 4 saturated carbocycles. The van der Waals surface area contributed by atoms with E-state index in [-0.39, 0.29) is 45.4 Å². The van der Waals surface area contributed by atoms with Gasteiger partial charge in [0.2, 0.25) is 15.9 Å². The third-order valence-electron chi connectivity index (χ3n) is 16.2. The van der Waals surface area contributed by atoms with Crippen LogP contribution in [0.1, 0.15) is 128 Å². The predicted molar refractivity (Wildman–Crippen MR) is 199 cm³/mol. The van der Waals surface area contributed by atoms with Crippen molar-refractivity contribution in [2.24, 2.45) is 51.2 Å². The average molecular weight is 705 g/mol. The molecule has 2 N–H and O–H groups in total. The maximum atomic E-state index is 13.8. The van der Waals surface area contributed by atoms with Crippen LogP contribution in [0.3, 0.4) is 0 Å². The van der Waals surface area contributed by atoms with Crippen molar-refractivity contribution in [3.63, 3.8) is 0 Å². The van der Waals surface area contributed by atoms with Gasteiger partial charge in [0.05, 0.1) is 17.9 Å². The lowest BCUT2D eigenvalue weighted by molar-refractivity contribution is -0.219. The van der Waals surface area contributed by atoms with Gasteiger partial charge in [-0.25, -0.2) is 13.2 Å². The van der Waals surface area contributed by atoms with Crippen LogP contribution in [0.2, 0.25) is 0 Å². The van der Waals surface area contributed by atoms with Gasteiger partial charge in [-0.2, -0.15) is 4.31 Å². The van der Waals surface area contributed by atoms with E-state index >= 15 is 0 Å². The lowest BCUT2D eigenvalue weighted by Gasteiger charge is -2.72. The molecule has 1 aliphatic heterocycles. The molecule has 0 bridgehead atoms. The van der Waals surface area contributed by atoms with Crippen LogP contribution in [0.25, 0.3) is 5.57 Å². The lowest BCUT2D eigenvalue weighted by Crippen LogP contribution is -2.68. The monoisotopic (exact) mass is 704 g/mol. The van der Waals surface area contributed by atoms with E-state index in [1.807, 2.05) is 12.1 Å². The summed E-state index contributed by atoms with van der Waals surface area (Å²) >= 11 is 0. The second kappa shape index (κ2) is 12.0. The molecule has 1 aromatic rings. The van der Waals surface area contributed by atoms with E-state index in [2.05, 4.69) is 59.5 Å². The summed E-state index contributed by atoms with van der Waals surface area (Å²) in [5, 5.41) is 13.0. The van der Waals surface area contributed by atoms with E-state index in [1.54, 1.807) is 12.1 Å². The smallest absolute Gasteiger partial charge is 0.335 e. The van der Waals surface area contributed by atoms with Gasteiger partial charge in [0.25, 0.3) is 0 Å². The molecule has 0 radical (unpaired) electrons. The summed E-state index contributed by atoms with van der Waals surface area (Å²) in [7, 11) is -3.37. The fourth-order valence-electron chi connectivity index (χ4n) is 13.8. The zero-order chi connectivity index (χ0) is 36.1. The second-order valence-electron chi connectivity index (χ2n) is 18.7. The Bertz CT molecular complexity index is 1710. The molecule has 1 aromatic carbocycles. The summed E-state index contributed by atoms with van der Waals surface area (Å²) in [6.07, 6.45) is 13.7. The molecule has 5 aliphatic carbocycles. The molecule has 5 fully saturated rings. The van der Waals surface area contributed by atoms with Gasteiger partial charge in [0.15, 0.2) is 0 Å². The number of carbonyl (C=O) groups excluding carboxylic acids is 1. The largest absolute Gasteiger partial charge is 0.478 e. The zero-order valence-electron chi connectivity index (χ0n) is 31.3. The van der Waals surface area contributed by atoms with Crippen molar-refractivity contribution in [2.45, 2.75) is 118 Å². The van der Waals surface area contributed by atoms with Gasteiger partial charge in [0, 0.05) is 12.1 Å². The second-order valence-corrected chi connectivity index (χ2v) is 20.8. The number of carboxylic acids is 1. The van der Waals surface area contributed by atoms with Crippen LogP contribution in [-0.4, -0.2) is 54.1 Å². The van der Waals surface area contributed by atoms with E-state index < -0.39 is 16.0 Å². The Hall–Kier alpha value is -2.45. The van der Waals surface area contributed by atoms with Crippen molar-refractivity contribution >= 4 is 27.5 Å². The molecular weight excluding hydrogens is 645 g/mol. The first-order chi connectivity index (χ1) is 23.4. The summed E-state index contributed by atoms with van der Waals surface area (Å²) in [5.41, 5.74) is 4.13. The van der Waals surface area contributed by atoms with Gasteiger partial charge in [-0.1, -0.05) is 65.0 Å². The minimum absolute atomic E-state index is 0.0405. The fourth-order valence-corrected chi connectivity index (χ4v) is 15.3. The van der Waals surface area contributed by atoms with Gasteiger partial charge in [0.1, 0.15) is 0 Å². The Morgan fingerprint density at radius 2 is 1.64 bits per heavy atom. The molecule has 7 rings (SSSR count). The number of aromatic carboxylic acids is 1. The van der Waals surface area contributed by atoms with Crippen molar-refractivity contribution in [3.05, 3.63) is 53.6 Å². The molecule has 1 heterocycles. The number of fused-ring (bicyclic) bond motifs is 7. The average Bonchev–Trinajstić information content (AvgIpc) is 3.42. The quantitative estimate of drug-likeness (QED) is 0.290. The molecule has 8 heteroatoms. The summed E-state index contributed by atoms with van der Waals surface area (Å²) < 4.78 is 27.0. The molecule has 50 heavy (non-hydrogen) atoms. The highest BCUT2D eigenvalue weighted by Crippen LogP contribution is 2.76. The first-order valence-corrected chi connectivity index (χ1v) is 21.0. The number of allylic oxidation sites excluding steroid dienone is 3. The van der Waals surface area contributed by atoms with Crippen LogP contribution in [0.5, 0.6) is 0 Å². The first-order valence-electron chi connectivity index (χ1n) is 19.4. The molecule has 9 atom stereocenters. The highest BCUT2D eigenvalue weighted by Gasteiger charge is 2.70. The van der Waals surface area contributed by atoms with Gasteiger partial charge in [-0.15, -0.1) is 0 Å². The molecule has 1 amide bonds. The van der Waals surface area contributed by atoms with Crippen molar-refractivity contribution < 1.29 is 23.1 Å². The van der Waals surface area contributed by atoms with E-state index in [9.17, 15) is 23.1 Å². The molecular formula is C42H60N2O5S. The van der Waals surface area contributed by atoms with Crippen LogP contribution < -0.4 is 5.32 Å². The fraction of sp³-hybridized carbons (Fsp3) is 0.714. The number of carboxylic acid groups (broad SMARTS) is 1. The Balaban J connectivity index is 1.18. The Morgan fingerprint density at radius 3 is 2.30 bits per heavy atom. The number of carbonyl (C=O) groups is 2. The van der Waals surface area contributed by atoms with E-state index in [1.165, 1.54) is 34.7 Å². The number of hydrogen-bond acceptors (Lipinski definition) is 4. The van der Waals surface area contributed by atoms with Crippen molar-refractivity contribution in [1.82, 2.24) is 9.62 Å². The summed E-state index contributed by atoms with van der Waals surface area (Å²) in [5.74, 6) is 1.36. The minimum Gasteiger partial charge on any atom is -0.478 e. The molecule has 0 aromatic heterocycles. The normalized spacial score (nSPS) is 41.8. The Kier molecular flexibility index (Phi) is 8.65. The molecule has 0 spiro atoms. The van der Waals surface area contributed by atoms with Gasteiger partial charge in [-0.05, 0) is 152 Å². The number of benzene rings is 1. The van der Waals surface area contributed by atoms with E-state index in [0.29, 0.717) is 48.1 Å². The molecule has 274 valence electrons. The Labute approximate surface area is 300 Å². The summed E-state index contributed by atoms with van der Waals surface area (Å²) in [6.45, 7) is 19.7. The first kappa shape index (κ1) is 35.9. The van der Waals surface area contributed by atoms with Crippen molar-refractivity contribution in [2.75, 3.05) is 18.8 Å².